The number of rotatable bonds is 21. The van der Waals surface area contributed by atoms with Gasteiger partial charge in [0.25, 0.3) is 0 Å². The molecule has 8 bridgehead atoms. The SMILES string of the molecule is C=Cc1c2[n-]c(c1C)/C=C1\[N-]/C(=C3\c4[n-]c(c(C)c4C(=O)[C@@H]3C(=O)OCO)/C=c3\[n-]/c(c(C)c3CC)=C\2)[C@@H](CCC(=O)OC/C=C(\C)CCC[C@H](C)CCC[C@H](C)CCCC(C)C)[C@@H]1C.[Mg+2]. The third-order valence-corrected chi connectivity index (χ3v) is 14.2. The summed E-state index contributed by atoms with van der Waals surface area (Å²) in [5, 5.41) is 16.4. The van der Waals surface area contributed by atoms with Crippen LogP contribution in [0.4, 0.5) is 0 Å². The number of ether oxygens (including phenoxy) is 2. The topological polar surface area (TPSA) is 146 Å². The maximum absolute atomic E-state index is 14.4. The molecule has 6 rings (SSSR count). The zero-order valence-corrected chi connectivity index (χ0v) is 42.9. The van der Waals surface area contributed by atoms with Gasteiger partial charge in [0.15, 0.2) is 12.6 Å². The van der Waals surface area contributed by atoms with E-state index in [-0.39, 0.29) is 53.9 Å². The van der Waals surface area contributed by atoms with Crippen LogP contribution in [0.3, 0.4) is 0 Å². The summed E-state index contributed by atoms with van der Waals surface area (Å²) in [4.78, 5) is 56.7. The van der Waals surface area contributed by atoms with E-state index in [2.05, 4.69) is 55.0 Å². The fourth-order valence-electron chi connectivity index (χ4n) is 10.1. The van der Waals surface area contributed by atoms with Crippen molar-refractivity contribution in [3.05, 3.63) is 102 Å². The van der Waals surface area contributed by atoms with Gasteiger partial charge in [-0.25, -0.2) is 0 Å². The molecule has 352 valence electrons. The van der Waals surface area contributed by atoms with E-state index in [1.807, 2.05) is 51.2 Å². The first-order valence-electron chi connectivity index (χ1n) is 24.2. The molecule has 5 atom stereocenters. The summed E-state index contributed by atoms with van der Waals surface area (Å²) in [5.41, 5.74) is 10.1. The van der Waals surface area contributed by atoms with E-state index in [1.54, 1.807) is 0 Å². The molecule has 1 aliphatic carbocycles. The number of aliphatic hydroxyl groups excluding tert-OH is 1. The molecule has 3 aliphatic rings. The normalized spacial score (nSPS) is 21.5. The van der Waals surface area contributed by atoms with E-state index >= 15 is 0 Å². The number of nitrogens with zero attached hydrogens (tertiary/aromatic N) is 4. The van der Waals surface area contributed by atoms with Crippen molar-refractivity contribution in [2.75, 3.05) is 13.4 Å². The molecule has 1 N–H and O–H groups in total. The Kier molecular flexibility index (Phi) is 18.8. The number of aromatic nitrogens is 3. The summed E-state index contributed by atoms with van der Waals surface area (Å²) in [6.07, 6.45) is 22.1. The first kappa shape index (κ1) is 52.6. The van der Waals surface area contributed by atoms with Crippen molar-refractivity contribution >= 4 is 70.7 Å². The van der Waals surface area contributed by atoms with Crippen LogP contribution in [0.1, 0.15) is 180 Å². The smallest absolute Gasteiger partial charge is 0.664 e. The first-order chi connectivity index (χ1) is 31.1. The maximum Gasteiger partial charge on any atom is 2.00 e. The Morgan fingerprint density at radius 3 is 2.14 bits per heavy atom. The molecule has 0 spiro atoms. The second kappa shape index (κ2) is 23.6. The van der Waals surface area contributed by atoms with Gasteiger partial charge in [-0.2, -0.15) is 11.4 Å². The number of carbonyl (C=O) groups is 3. The van der Waals surface area contributed by atoms with E-state index in [0.717, 1.165) is 75.4 Å². The second-order valence-corrected chi connectivity index (χ2v) is 19.5. The van der Waals surface area contributed by atoms with Crippen LogP contribution >= 0.6 is 0 Å². The fourth-order valence-corrected chi connectivity index (χ4v) is 10.1. The standard InChI is InChI=1S/C55H73N4O6.Mg/c1-12-39-35(8)42-27-44-37(10)41(23-24-48(61)64-26-25-34(7)22-16-21-33(6)20-15-19-32(5)18-14-17-31(3)4)52(58-44)50-51(55(63)65-30-60)54(62)49-38(11)45(59-53(49)50)29-47-40(13-2)36(9)43(57-47)28-46(39)56-42;/h12,25,27-29,31-33,37,41,51,60H,1,13-24,26,30H2,2-11H3,(H-,58,59,62);/q-3;+2/p-1/b34-25+,43-28-,44-27-,47-29-;/t32-,33-,37+,41+,51-;/m1./s1. The average Bonchev–Trinajstić information content (AvgIpc) is 4.00. The molecule has 11 heteroatoms. The van der Waals surface area contributed by atoms with Crippen molar-refractivity contribution in [3.63, 3.8) is 0 Å². The number of fused-ring (bicyclic) bond motifs is 7. The summed E-state index contributed by atoms with van der Waals surface area (Å²) >= 11 is 0. The molecular formula is C55H72MgN4O6-2. The Morgan fingerprint density at radius 1 is 0.833 bits per heavy atom. The molecule has 0 aromatic carbocycles. The second-order valence-electron chi connectivity index (χ2n) is 19.5. The van der Waals surface area contributed by atoms with Gasteiger partial charge in [0.05, 0.1) is 0 Å². The molecule has 0 unspecified atom stereocenters. The minimum Gasteiger partial charge on any atom is -0.664 e. The first-order valence-corrected chi connectivity index (χ1v) is 24.2. The van der Waals surface area contributed by atoms with Crippen LogP contribution in [-0.4, -0.2) is 59.3 Å². The molecule has 0 saturated carbocycles. The Labute approximate surface area is 409 Å². The zero-order valence-electron chi connectivity index (χ0n) is 41.4. The van der Waals surface area contributed by atoms with Crippen LogP contribution in [0.25, 0.3) is 35.2 Å². The van der Waals surface area contributed by atoms with Gasteiger partial charge in [0, 0.05) is 12.0 Å². The van der Waals surface area contributed by atoms with Gasteiger partial charge >= 0.3 is 35.0 Å². The van der Waals surface area contributed by atoms with Gasteiger partial charge < -0.3 is 34.8 Å². The summed E-state index contributed by atoms with van der Waals surface area (Å²) in [6, 6.07) is 0. The molecule has 5 heterocycles. The van der Waals surface area contributed by atoms with Crippen LogP contribution in [0.2, 0.25) is 0 Å². The summed E-state index contributed by atoms with van der Waals surface area (Å²) in [6.45, 7) is 24.9. The predicted octanol–water partition coefficient (Wildman–Crippen LogP) is 9.69. The number of hydrogen-bond acceptors (Lipinski definition) is 6. The number of Topliss-reactive ketones (excluding diaryl/α,β-unsaturated/α-hetero) is 1. The van der Waals surface area contributed by atoms with Crippen molar-refractivity contribution in [1.29, 1.82) is 0 Å². The molecule has 0 amide bonds. The number of carbonyl (C=O) groups excluding carboxylic acids is 3. The third-order valence-electron chi connectivity index (χ3n) is 14.2. The van der Waals surface area contributed by atoms with Crippen molar-refractivity contribution in [2.45, 2.75) is 146 Å². The molecule has 1 fully saturated rings. The molecule has 10 nitrogen and oxygen atoms in total. The largest absolute Gasteiger partial charge is 2.00 e. The fraction of sp³-hybridized carbons (Fsp3) is 0.545. The summed E-state index contributed by atoms with van der Waals surface area (Å²) in [7, 11) is 0. The molecule has 66 heavy (non-hydrogen) atoms. The number of aliphatic hydroxyl groups is 1. The van der Waals surface area contributed by atoms with E-state index < -0.39 is 24.5 Å². The van der Waals surface area contributed by atoms with Crippen molar-refractivity contribution < 1.29 is 29.0 Å². The summed E-state index contributed by atoms with van der Waals surface area (Å²) in [5.74, 6) is -1.35. The number of hydrogen-bond donors (Lipinski definition) is 1. The van der Waals surface area contributed by atoms with Crippen LogP contribution in [0.15, 0.2) is 29.6 Å². The zero-order chi connectivity index (χ0) is 47.1. The third kappa shape index (κ3) is 11.8. The van der Waals surface area contributed by atoms with Crippen molar-refractivity contribution in [2.24, 2.45) is 35.5 Å². The van der Waals surface area contributed by atoms with E-state index in [4.69, 9.17) is 29.7 Å². The Hall–Kier alpha value is -4.32. The minimum atomic E-state index is -1.38. The molecular weight excluding hydrogens is 837 g/mol. The van der Waals surface area contributed by atoms with Gasteiger partial charge in [-0.05, 0) is 94.6 Å². The van der Waals surface area contributed by atoms with Crippen LogP contribution in [0.5, 0.6) is 0 Å². The molecule has 3 aromatic rings. The average molecular weight is 910 g/mol. The monoisotopic (exact) mass is 909 g/mol. The number of esters is 2. The van der Waals surface area contributed by atoms with Gasteiger partial charge in [0.1, 0.15) is 12.5 Å². The summed E-state index contributed by atoms with van der Waals surface area (Å²) < 4.78 is 10.9. The van der Waals surface area contributed by atoms with Gasteiger partial charge in [0.2, 0.25) is 0 Å². The Morgan fingerprint density at radius 2 is 1.48 bits per heavy atom. The van der Waals surface area contributed by atoms with Crippen molar-refractivity contribution in [3.8, 4) is 0 Å². The predicted molar refractivity (Wildman–Crippen MR) is 266 cm³/mol. The molecule has 3 aromatic heterocycles. The van der Waals surface area contributed by atoms with Crippen molar-refractivity contribution in [1.82, 2.24) is 15.0 Å². The minimum absolute atomic E-state index is 0. The Bertz CT molecular complexity index is 2480. The van der Waals surface area contributed by atoms with Crippen LogP contribution in [0, 0.1) is 56.3 Å². The Balaban J connectivity index is 0.00000817. The number of allylic oxidation sites excluding steroid dienone is 3. The number of ketones is 1. The van der Waals surface area contributed by atoms with Crippen LogP contribution in [-0.2, 0) is 25.5 Å². The van der Waals surface area contributed by atoms with Gasteiger partial charge in [-0.3, -0.25) is 14.4 Å². The molecule has 1 saturated heterocycles. The molecule has 2 aliphatic heterocycles. The van der Waals surface area contributed by atoms with Gasteiger partial charge in [-0.15, -0.1) is 33.5 Å². The van der Waals surface area contributed by atoms with E-state index in [0.29, 0.717) is 51.8 Å². The maximum atomic E-state index is 14.4. The molecule has 0 radical (unpaired) electrons. The quantitative estimate of drug-likeness (QED) is 0.0363. The van der Waals surface area contributed by atoms with E-state index in [9.17, 15) is 19.5 Å². The van der Waals surface area contributed by atoms with E-state index in [1.165, 1.54) is 50.5 Å². The van der Waals surface area contributed by atoms with Gasteiger partial charge in [-0.1, -0.05) is 151 Å². The van der Waals surface area contributed by atoms with Crippen LogP contribution < -0.4 is 25.7 Å².